The van der Waals surface area contributed by atoms with Gasteiger partial charge in [0.05, 0.1) is 18.9 Å². The van der Waals surface area contributed by atoms with Crippen LogP contribution in [0.2, 0.25) is 0 Å². The van der Waals surface area contributed by atoms with Gasteiger partial charge in [-0.25, -0.2) is 4.98 Å². The summed E-state index contributed by atoms with van der Waals surface area (Å²) in [6, 6.07) is 9.13. The van der Waals surface area contributed by atoms with Crippen LogP contribution < -0.4 is 19.7 Å². The first kappa shape index (κ1) is 19.6. The second-order valence-corrected chi connectivity index (χ2v) is 7.77. The van der Waals surface area contributed by atoms with Crippen molar-refractivity contribution in [3.63, 3.8) is 0 Å². The van der Waals surface area contributed by atoms with Crippen LogP contribution in [0.4, 0.5) is 11.5 Å². The van der Waals surface area contributed by atoms with Gasteiger partial charge >= 0.3 is 0 Å². The summed E-state index contributed by atoms with van der Waals surface area (Å²) in [6.07, 6.45) is 10.1. The third-order valence-corrected chi connectivity index (χ3v) is 5.71. The summed E-state index contributed by atoms with van der Waals surface area (Å²) < 4.78 is 11.6. The van der Waals surface area contributed by atoms with Crippen molar-refractivity contribution in [3.05, 3.63) is 42.1 Å². The number of anilines is 2. The summed E-state index contributed by atoms with van der Waals surface area (Å²) in [5.41, 5.74) is 1.28. The Kier molecular flexibility index (Phi) is 6.17. The van der Waals surface area contributed by atoms with E-state index in [-0.39, 0.29) is 12.0 Å². The van der Waals surface area contributed by atoms with E-state index in [1.807, 2.05) is 18.2 Å². The normalized spacial score (nSPS) is 17.2. The lowest BCUT2D eigenvalue weighted by molar-refractivity contribution is 0.102. The summed E-state index contributed by atoms with van der Waals surface area (Å²) in [5.74, 6) is 1.95. The highest BCUT2D eigenvalue weighted by atomic mass is 16.5. The summed E-state index contributed by atoms with van der Waals surface area (Å²) in [4.78, 5) is 19.7. The maximum absolute atomic E-state index is 12.9. The number of carbonyl (C=O) groups excluding carboxylic acids is 1. The molecule has 6 heteroatoms. The van der Waals surface area contributed by atoms with Crippen molar-refractivity contribution in [1.29, 1.82) is 0 Å². The molecule has 1 aliphatic heterocycles. The fourth-order valence-electron chi connectivity index (χ4n) is 4.14. The Morgan fingerprint density at radius 1 is 1.07 bits per heavy atom. The van der Waals surface area contributed by atoms with E-state index >= 15 is 0 Å². The van der Waals surface area contributed by atoms with Gasteiger partial charge in [-0.3, -0.25) is 4.79 Å². The molecular formula is C23H29N3O3. The van der Waals surface area contributed by atoms with Crippen LogP contribution in [0, 0.1) is 0 Å². The largest absolute Gasteiger partial charge is 0.493 e. The number of methoxy groups -OCH3 is 1. The number of nitrogens with one attached hydrogen (secondary N) is 1. The first-order valence-electron chi connectivity index (χ1n) is 10.6. The number of amides is 1. The molecule has 4 rings (SSSR count). The number of carbonyl (C=O) groups is 1. The number of hydrogen-bond donors (Lipinski definition) is 1. The van der Waals surface area contributed by atoms with Crippen molar-refractivity contribution in [2.45, 2.75) is 51.0 Å². The van der Waals surface area contributed by atoms with Gasteiger partial charge in [0.2, 0.25) is 0 Å². The van der Waals surface area contributed by atoms with Crippen molar-refractivity contribution in [3.8, 4) is 11.5 Å². The molecule has 29 heavy (non-hydrogen) atoms. The molecule has 1 aromatic carbocycles. The van der Waals surface area contributed by atoms with E-state index in [0.717, 1.165) is 50.3 Å². The highest BCUT2D eigenvalue weighted by Gasteiger charge is 2.21. The monoisotopic (exact) mass is 395 g/mol. The highest BCUT2D eigenvalue weighted by Crippen LogP contribution is 2.33. The Morgan fingerprint density at radius 2 is 1.86 bits per heavy atom. The van der Waals surface area contributed by atoms with Crippen LogP contribution in [0.1, 0.15) is 55.3 Å². The van der Waals surface area contributed by atoms with Crippen molar-refractivity contribution in [2.75, 3.05) is 30.4 Å². The van der Waals surface area contributed by atoms with Crippen LogP contribution in [-0.2, 0) is 0 Å². The van der Waals surface area contributed by atoms with Crippen LogP contribution in [0.5, 0.6) is 11.5 Å². The first-order valence-corrected chi connectivity index (χ1v) is 10.6. The fourth-order valence-corrected chi connectivity index (χ4v) is 4.14. The molecule has 1 saturated carbocycles. The molecule has 2 aliphatic rings. The quantitative estimate of drug-likeness (QED) is 0.771. The predicted molar refractivity (Wildman–Crippen MR) is 114 cm³/mol. The molecule has 6 nitrogen and oxygen atoms in total. The van der Waals surface area contributed by atoms with Gasteiger partial charge in [-0.15, -0.1) is 0 Å². The lowest BCUT2D eigenvalue weighted by Crippen LogP contribution is -2.31. The van der Waals surface area contributed by atoms with Gasteiger partial charge in [-0.1, -0.05) is 0 Å². The molecule has 0 bridgehead atoms. The van der Waals surface area contributed by atoms with Gasteiger partial charge in [-0.05, 0) is 75.3 Å². The minimum atomic E-state index is -0.179. The Bertz CT molecular complexity index is 843. The SMILES string of the molecule is COc1cc(C(=O)Nc2cccnc2N2CCCCC2)ccc1OC1CCCC1. The van der Waals surface area contributed by atoms with Crippen molar-refractivity contribution < 1.29 is 14.3 Å². The maximum atomic E-state index is 12.9. The molecule has 1 amide bonds. The van der Waals surface area contributed by atoms with Crippen LogP contribution in [0.25, 0.3) is 0 Å². The first-order chi connectivity index (χ1) is 14.2. The highest BCUT2D eigenvalue weighted by molar-refractivity contribution is 6.06. The molecule has 1 aliphatic carbocycles. The Balaban J connectivity index is 1.50. The molecule has 0 unspecified atom stereocenters. The van der Waals surface area contributed by atoms with E-state index in [9.17, 15) is 4.79 Å². The smallest absolute Gasteiger partial charge is 0.255 e. The van der Waals surface area contributed by atoms with Gasteiger partial charge in [-0.2, -0.15) is 0 Å². The average Bonchev–Trinajstić information content (AvgIpc) is 3.28. The third-order valence-electron chi connectivity index (χ3n) is 5.71. The van der Waals surface area contributed by atoms with Crippen LogP contribution in [-0.4, -0.2) is 37.2 Å². The number of piperidine rings is 1. The van der Waals surface area contributed by atoms with E-state index in [0.29, 0.717) is 17.1 Å². The molecule has 0 spiro atoms. The van der Waals surface area contributed by atoms with Gasteiger partial charge in [0.1, 0.15) is 0 Å². The van der Waals surface area contributed by atoms with Crippen molar-refractivity contribution >= 4 is 17.4 Å². The predicted octanol–water partition coefficient (Wildman–Crippen LogP) is 4.65. The molecule has 2 aromatic rings. The van der Waals surface area contributed by atoms with Gasteiger partial charge < -0.3 is 19.7 Å². The van der Waals surface area contributed by atoms with Crippen molar-refractivity contribution in [2.24, 2.45) is 0 Å². The molecule has 2 fully saturated rings. The van der Waals surface area contributed by atoms with E-state index in [2.05, 4.69) is 15.2 Å². The zero-order valence-electron chi connectivity index (χ0n) is 17.0. The van der Waals surface area contributed by atoms with E-state index in [1.54, 1.807) is 25.4 Å². The average molecular weight is 396 g/mol. The zero-order chi connectivity index (χ0) is 20.1. The lowest BCUT2D eigenvalue weighted by Gasteiger charge is -2.29. The maximum Gasteiger partial charge on any atom is 0.255 e. The summed E-state index contributed by atoms with van der Waals surface area (Å²) in [7, 11) is 1.61. The summed E-state index contributed by atoms with van der Waals surface area (Å²) >= 11 is 0. The number of rotatable bonds is 6. The summed E-state index contributed by atoms with van der Waals surface area (Å²) in [5, 5.41) is 3.03. The number of aromatic nitrogens is 1. The minimum absolute atomic E-state index is 0.179. The molecule has 154 valence electrons. The standard InChI is InChI=1S/C23H29N3O3/c1-28-21-16-17(11-12-20(21)29-18-8-3-4-9-18)23(27)25-19-10-7-13-24-22(19)26-14-5-2-6-15-26/h7,10-13,16,18H,2-6,8-9,14-15H2,1H3,(H,25,27). The van der Waals surface area contributed by atoms with Crippen LogP contribution in [0.3, 0.4) is 0 Å². The van der Waals surface area contributed by atoms with Crippen molar-refractivity contribution in [1.82, 2.24) is 4.98 Å². The third kappa shape index (κ3) is 4.63. The molecule has 0 atom stereocenters. The van der Waals surface area contributed by atoms with Gasteiger partial charge in [0.15, 0.2) is 17.3 Å². The number of benzene rings is 1. The fraction of sp³-hybridized carbons (Fsp3) is 0.478. The lowest BCUT2D eigenvalue weighted by atomic mass is 10.1. The topological polar surface area (TPSA) is 63.7 Å². The second kappa shape index (κ2) is 9.16. The second-order valence-electron chi connectivity index (χ2n) is 7.77. The number of hydrogen-bond acceptors (Lipinski definition) is 5. The Labute approximate surface area is 172 Å². The van der Waals surface area contributed by atoms with Crippen LogP contribution in [0.15, 0.2) is 36.5 Å². The molecule has 1 N–H and O–H groups in total. The summed E-state index contributed by atoms with van der Waals surface area (Å²) in [6.45, 7) is 1.95. The number of nitrogens with zero attached hydrogens (tertiary/aromatic N) is 2. The van der Waals surface area contributed by atoms with Crippen LogP contribution >= 0.6 is 0 Å². The van der Waals surface area contributed by atoms with Gasteiger partial charge in [0, 0.05) is 24.8 Å². The minimum Gasteiger partial charge on any atom is -0.493 e. The molecule has 2 heterocycles. The number of pyridine rings is 1. The van der Waals surface area contributed by atoms with Gasteiger partial charge in [0.25, 0.3) is 5.91 Å². The molecule has 1 saturated heterocycles. The van der Waals surface area contributed by atoms with E-state index in [1.165, 1.54) is 19.3 Å². The zero-order valence-corrected chi connectivity index (χ0v) is 17.0. The number of ether oxygens (including phenoxy) is 2. The Morgan fingerprint density at radius 3 is 2.62 bits per heavy atom. The van der Waals surface area contributed by atoms with E-state index < -0.39 is 0 Å². The Hall–Kier alpha value is -2.76. The molecule has 0 radical (unpaired) electrons. The molecular weight excluding hydrogens is 366 g/mol. The van der Waals surface area contributed by atoms with E-state index in [4.69, 9.17) is 9.47 Å². The molecule has 1 aromatic heterocycles.